The van der Waals surface area contributed by atoms with Gasteiger partial charge in [-0.05, 0) is 128 Å². The maximum absolute atomic E-state index is 7.23. The Bertz CT molecular complexity index is 3520. The Morgan fingerprint density at radius 1 is 0.638 bits per heavy atom. The van der Waals surface area contributed by atoms with Crippen LogP contribution in [0.15, 0.2) is 162 Å². The molecule has 0 saturated heterocycles. The Balaban J connectivity index is 0.000000321. The number of hydrogen-bond acceptors (Lipinski definition) is 3. The average molecular weight is 1080 g/mol. The molecule has 0 bridgehead atoms. The predicted molar refractivity (Wildman–Crippen MR) is 285 cm³/mol. The molecule has 0 aliphatic heterocycles. The molecule has 349 valence electrons. The first-order valence-corrected chi connectivity index (χ1v) is 24.2. The van der Waals surface area contributed by atoms with E-state index in [1.807, 2.05) is 24.3 Å². The van der Waals surface area contributed by atoms with Gasteiger partial charge in [0.1, 0.15) is 5.58 Å². The standard InChI is InChI=1S/C52H51N2O.C12H10N.Ir/c1-32(2)41-28-37(35-23-25-43-44(30-35)52(7,8)27-15-26-51(43,5)6)29-42(33(3)4)48(41)54-46-21-13-12-20-45(46)53-50(54)40-19-14-18-39-38-24-22-36(31-47(38)55-49(39)40)34-16-10-9-11-17-34;1-10-7-8-12(13-9-10)11-5-3-2-4-6-11;/h9-14,16-18,20-25,28-33H,15,26-27H2,1-8H3;2-5,7-9H,1H3;/q2*-1;/i;1D3;. The van der Waals surface area contributed by atoms with E-state index in [2.05, 4.69) is 186 Å². The van der Waals surface area contributed by atoms with E-state index in [-0.39, 0.29) is 48.3 Å². The maximum atomic E-state index is 7.23. The summed E-state index contributed by atoms with van der Waals surface area (Å²) >= 11 is 0. The summed E-state index contributed by atoms with van der Waals surface area (Å²) in [6.45, 7) is 16.9. The normalized spacial score (nSPS) is 14.9. The van der Waals surface area contributed by atoms with Gasteiger partial charge in [0.25, 0.3) is 0 Å². The van der Waals surface area contributed by atoms with Crippen LogP contribution in [0.3, 0.4) is 0 Å². The molecule has 10 aromatic rings. The minimum Gasteiger partial charge on any atom is -0.501 e. The molecule has 3 heterocycles. The van der Waals surface area contributed by atoms with Crippen molar-refractivity contribution >= 4 is 33.0 Å². The Hall–Kier alpha value is -6.39. The maximum Gasteiger partial charge on any atom is 0.121 e. The van der Waals surface area contributed by atoms with E-state index in [1.54, 1.807) is 18.2 Å². The fraction of sp³-hybridized carbons (Fsp3) is 0.250. The zero-order valence-corrected chi connectivity index (χ0v) is 43.3. The van der Waals surface area contributed by atoms with E-state index in [0.717, 1.165) is 61.2 Å². The van der Waals surface area contributed by atoms with Crippen molar-refractivity contribution in [3.63, 3.8) is 0 Å². The molecule has 1 aliphatic rings. The van der Waals surface area contributed by atoms with Gasteiger partial charge in [0.15, 0.2) is 0 Å². The van der Waals surface area contributed by atoms with Gasteiger partial charge >= 0.3 is 0 Å². The van der Waals surface area contributed by atoms with E-state index < -0.39 is 6.85 Å². The van der Waals surface area contributed by atoms with E-state index >= 15 is 0 Å². The topological polar surface area (TPSA) is 43.9 Å². The number of hydrogen-bond donors (Lipinski definition) is 0. The summed E-state index contributed by atoms with van der Waals surface area (Å²) in [7, 11) is 0. The van der Waals surface area contributed by atoms with Crippen molar-refractivity contribution < 1.29 is 28.6 Å². The van der Waals surface area contributed by atoms with Crippen LogP contribution in [0.1, 0.15) is 118 Å². The van der Waals surface area contributed by atoms with Crippen LogP contribution in [0.2, 0.25) is 0 Å². The number of imidazole rings is 1. The zero-order chi connectivity index (χ0) is 49.8. The number of pyridine rings is 1. The number of aromatic nitrogens is 3. The van der Waals surface area contributed by atoms with Gasteiger partial charge in [0, 0.05) is 41.5 Å². The van der Waals surface area contributed by atoms with Crippen LogP contribution in [-0.2, 0) is 30.9 Å². The predicted octanol–water partition coefficient (Wildman–Crippen LogP) is 17.6. The van der Waals surface area contributed by atoms with E-state index in [0.29, 0.717) is 0 Å². The second-order valence-electron chi connectivity index (χ2n) is 20.4. The molecule has 0 atom stereocenters. The van der Waals surface area contributed by atoms with Crippen LogP contribution in [0, 0.1) is 19.0 Å². The largest absolute Gasteiger partial charge is 0.501 e. The molecule has 7 aromatic carbocycles. The van der Waals surface area contributed by atoms with Crippen LogP contribution in [-0.4, -0.2) is 14.5 Å². The summed E-state index contributed by atoms with van der Waals surface area (Å²) in [6.07, 6.45) is 5.08. The van der Waals surface area contributed by atoms with E-state index in [4.69, 9.17) is 13.5 Å². The van der Waals surface area contributed by atoms with Crippen LogP contribution >= 0.6 is 0 Å². The fourth-order valence-electron chi connectivity index (χ4n) is 10.3. The molecule has 4 nitrogen and oxygen atoms in total. The van der Waals surface area contributed by atoms with Crippen LogP contribution in [0.4, 0.5) is 0 Å². The number of para-hydroxylation sites is 2. The van der Waals surface area contributed by atoms with Crippen LogP contribution in [0.5, 0.6) is 0 Å². The molecule has 3 aromatic heterocycles. The molecule has 0 saturated carbocycles. The summed E-state index contributed by atoms with van der Waals surface area (Å²) in [5.41, 5.74) is 18.4. The third-order valence-electron chi connectivity index (χ3n) is 14.1. The second kappa shape index (κ2) is 19.2. The molecule has 1 aliphatic carbocycles. The Labute approximate surface area is 426 Å². The Morgan fingerprint density at radius 2 is 1.33 bits per heavy atom. The molecule has 0 spiro atoms. The average Bonchev–Trinajstić information content (AvgIpc) is 3.92. The SMILES string of the molecule is CC(C)c1cc(-c2ccc3c(c2)C(C)(C)CCCC3(C)C)cc(C(C)C)c1-n1c(-c2[c-]ccc3c2oc2cc(-c4ccccc4)ccc23)nc2ccccc21.[2H]C([2H])([2H])c1ccc(-c2[c-]cccc2)nc1.[Ir]. The van der Waals surface area contributed by atoms with Crippen molar-refractivity contribution in [2.75, 3.05) is 0 Å². The fourth-order valence-corrected chi connectivity index (χ4v) is 10.3. The number of rotatable bonds is 7. The van der Waals surface area contributed by atoms with Gasteiger partial charge in [0.2, 0.25) is 0 Å². The first-order valence-electron chi connectivity index (χ1n) is 25.7. The summed E-state index contributed by atoms with van der Waals surface area (Å²) in [5, 5.41) is 2.16. The smallest absolute Gasteiger partial charge is 0.121 e. The van der Waals surface area contributed by atoms with Crippen LogP contribution < -0.4 is 0 Å². The molecule has 0 fully saturated rings. The summed E-state index contributed by atoms with van der Waals surface area (Å²) < 4.78 is 30.9. The van der Waals surface area contributed by atoms with Gasteiger partial charge in [-0.25, -0.2) is 0 Å². The Morgan fingerprint density at radius 3 is 2.03 bits per heavy atom. The third-order valence-corrected chi connectivity index (χ3v) is 14.1. The van der Waals surface area contributed by atoms with Gasteiger partial charge in [-0.2, -0.15) is 0 Å². The van der Waals surface area contributed by atoms with Crippen molar-refractivity contribution in [2.24, 2.45) is 0 Å². The molecular weight excluding hydrogens is 1020 g/mol. The quantitative estimate of drug-likeness (QED) is 0.118. The molecule has 5 heteroatoms. The van der Waals surface area contributed by atoms with E-state index in [9.17, 15) is 0 Å². The first-order chi connectivity index (χ1) is 34.0. The molecule has 11 rings (SSSR count). The molecule has 69 heavy (non-hydrogen) atoms. The summed E-state index contributed by atoms with van der Waals surface area (Å²) in [6, 6.07) is 59.3. The number of nitrogens with zero attached hydrogens (tertiary/aromatic N) is 3. The minimum absolute atomic E-state index is 0. The number of fused-ring (bicyclic) bond motifs is 5. The molecule has 1 radical (unpaired) electrons. The molecule has 0 amide bonds. The van der Waals surface area contributed by atoms with Crippen molar-refractivity contribution in [1.29, 1.82) is 0 Å². The van der Waals surface area contributed by atoms with Gasteiger partial charge < -0.3 is 14.0 Å². The molecular formula is C64H61IrN3O-2. The monoisotopic (exact) mass is 1080 g/mol. The second-order valence-corrected chi connectivity index (χ2v) is 20.4. The number of benzene rings is 7. The van der Waals surface area contributed by atoms with Crippen molar-refractivity contribution in [1.82, 2.24) is 14.5 Å². The van der Waals surface area contributed by atoms with Gasteiger partial charge in [-0.1, -0.05) is 158 Å². The zero-order valence-electron chi connectivity index (χ0n) is 43.9. The van der Waals surface area contributed by atoms with Crippen molar-refractivity contribution in [3.05, 3.63) is 198 Å². The summed E-state index contributed by atoms with van der Waals surface area (Å²) in [4.78, 5) is 9.51. The minimum atomic E-state index is -2.09. The first kappa shape index (κ1) is 43.9. The van der Waals surface area contributed by atoms with E-state index in [1.165, 1.54) is 70.1 Å². The van der Waals surface area contributed by atoms with Crippen molar-refractivity contribution in [3.8, 4) is 50.6 Å². The molecule has 0 unspecified atom stereocenters. The van der Waals surface area contributed by atoms with Gasteiger partial charge in [0.05, 0.1) is 22.4 Å². The van der Waals surface area contributed by atoms with Gasteiger partial charge in [-0.3, -0.25) is 4.98 Å². The van der Waals surface area contributed by atoms with Crippen molar-refractivity contribution in [2.45, 2.75) is 104 Å². The van der Waals surface area contributed by atoms with Crippen LogP contribution in [0.25, 0.3) is 83.6 Å². The molecule has 0 N–H and O–H groups in total. The number of furan rings is 1. The van der Waals surface area contributed by atoms with Gasteiger partial charge in [-0.15, -0.1) is 54.1 Å². The Kier molecular flexibility index (Phi) is 12.2. The summed E-state index contributed by atoms with van der Waals surface area (Å²) in [5.74, 6) is 1.37. The third kappa shape index (κ3) is 9.16. The number of aryl methyl sites for hydroxylation is 1.